The number of ether oxygens (including phenoxy) is 1. The lowest BCUT2D eigenvalue weighted by Crippen LogP contribution is -2.23. The van der Waals surface area contributed by atoms with Crippen molar-refractivity contribution in [3.63, 3.8) is 0 Å². The van der Waals surface area contributed by atoms with Gasteiger partial charge in [-0.05, 0) is 42.7 Å². The summed E-state index contributed by atoms with van der Waals surface area (Å²) in [4.78, 5) is 17.6. The van der Waals surface area contributed by atoms with Crippen molar-refractivity contribution in [1.29, 1.82) is 0 Å². The molecule has 0 radical (unpaired) electrons. The Bertz CT molecular complexity index is 1010. The molecule has 4 rings (SSSR count). The van der Waals surface area contributed by atoms with Crippen molar-refractivity contribution >= 4 is 28.0 Å². The highest BCUT2D eigenvalue weighted by Gasteiger charge is 2.25. The Morgan fingerprint density at radius 3 is 2.93 bits per heavy atom. The highest BCUT2D eigenvalue weighted by atomic mass is 16.6. The van der Waals surface area contributed by atoms with Crippen molar-refractivity contribution in [2.24, 2.45) is 5.92 Å². The maximum absolute atomic E-state index is 11.3. The van der Waals surface area contributed by atoms with Crippen LogP contribution in [0.4, 0.5) is 17.1 Å². The number of nitrogens with one attached hydrogen (secondary N) is 1. The van der Waals surface area contributed by atoms with Crippen LogP contribution in [-0.2, 0) is 0 Å². The van der Waals surface area contributed by atoms with Crippen LogP contribution in [0.1, 0.15) is 6.42 Å². The Morgan fingerprint density at radius 2 is 2.11 bits per heavy atom. The van der Waals surface area contributed by atoms with Crippen molar-refractivity contribution in [3.05, 3.63) is 64.8 Å². The van der Waals surface area contributed by atoms with E-state index < -0.39 is 0 Å². The molecular weight excluding hydrogens is 356 g/mol. The van der Waals surface area contributed by atoms with E-state index in [4.69, 9.17) is 4.74 Å². The van der Waals surface area contributed by atoms with E-state index >= 15 is 0 Å². The van der Waals surface area contributed by atoms with Gasteiger partial charge in [0.15, 0.2) is 0 Å². The van der Waals surface area contributed by atoms with Crippen LogP contribution in [0.15, 0.2) is 54.7 Å². The zero-order valence-electron chi connectivity index (χ0n) is 15.7. The standard InChI is InChI=1S/C21H22N4O3/c1-28-20-7-3-2-6-19(20)24-12-10-15(14-24)13-23-17-8-9-18(25(26)27)16-5-4-11-22-21(16)17/h2-9,11,15,23H,10,12-14H2,1H3/t15-/m0/s1. The number of nitro groups is 1. The number of fused-ring (bicyclic) bond motifs is 1. The molecular formula is C21H22N4O3. The maximum Gasteiger partial charge on any atom is 0.278 e. The number of methoxy groups -OCH3 is 1. The fourth-order valence-corrected chi connectivity index (χ4v) is 3.82. The number of non-ortho nitro benzene ring substituents is 1. The number of hydrogen-bond donors (Lipinski definition) is 1. The summed E-state index contributed by atoms with van der Waals surface area (Å²) < 4.78 is 5.48. The summed E-state index contributed by atoms with van der Waals surface area (Å²) in [5.41, 5.74) is 2.67. The number of aromatic nitrogens is 1. The van der Waals surface area contributed by atoms with Crippen molar-refractivity contribution in [2.75, 3.05) is 37.0 Å². The molecule has 1 N–H and O–H groups in total. The number of para-hydroxylation sites is 2. The lowest BCUT2D eigenvalue weighted by Gasteiger charge is -2.21. The predicted octanol–water partition coefficient (Wildman–Crippen LogP) is 4.09. The van der Waals surface area contributed by atoms with Crippen LogP contribution in [0.25, 0.3) is 10.9 Å². The molecule has 1 atom stereocenters. The normalized spacial score (nSPS) is 16.3. The molecule has 144 valence electrons. The van der Waals surface area contributed by atoms with E-state index in [1.165, 1.54) is 0 Å². The Balaban J connectivity index is 1.47. The third-order valence-electron chi connectivity index (χ3n) is 5.24. The van der Waals surface area contributed by atoms with Crippen LogP contribution in [0, 0.1) is 16.0 Å². The summed E-state index contributed by atoms with van der Waals surface area (Å²) >= 11 is 0. The highest BCUT2D eigenvalue weighted by molar-refractivity contribution is 5.96. The quantitative estimate of drug-likeness (QED) is 0.514. The molecule has 1 aromatic heterocycles. The molecule has 0 saturated carbocycles. The van der Waals surface area contributed by atoms with E-state index in [0.29, 0.717) is 16.8 Å². The van der Waals surface area contributed by atoms with Gasteiger partial charge in [-0.25, -0.2) is 0 Å². The van der Waals surface area contributed by atoms with E-state index in [1.54, 1.807) is 37.6 Å². The Hall–Kier alpha value is -3.35. The summed E-state index contributed by atoms with van der Waals surface area (Å²) in [6.45, 7) is 2.70. The number of nitro benzene ring substituents is 1. The molecule has 0 unspecified atom stereocenters. The fourth-order valence-electron chi connectivity index (χ4n) is 3.82. The van der Waals surface area contributed by atoms with Gasteiger partial charge in [0.2, 0.25) is 0 Å². The van der Waals surface area contributed by atoms with Gasteiger partial charge in [0.25, 0.3) is 5.69 Å². The first-order chi connectivity index (χ1) is 13.7. The average Bonchev–Trinajstić information content (AvgIpc) is 3.20. The molecule has 0 aliphatic carbocycles. The van der Waals surface area contributed by atoms with E-state index in [1.807, 2.05) is 18.2 Å². The van der Waals surface area contributed by atoms with Gasteiger partial charge < -0.3 is 15.0 Å². The van der Waals surface area contributed by atoms with Crippen LogP contribution in [-0.4, -0.2) is 36.7 Å². The second kappa shape index (κ2) is 7.72. The third kappa shape index (κ3) is 3.43. The van der Waals surface area contributed by atoms with Gasteiger partial charge in [0.05, 0.1) is 28.8 Å². The largest absolute Gasteiger partial charge is 0.495 e. The van der Waals surface area contributed by atoms with Crippen LogP contribution in [0.3, 0.4) is 0 Å². The molecule has 0 spiro atoms. The molecule has 0 amide bonds. The predicted molar refractivity (Wildman–Crippen MR) is 110 cm³/mol. The van der Waals surface area contributed by atoms with Crippen LogP contribution in [0.5, 0.6) is 5.75 Å². The van der Waals surface area contributed by atoms with Gasteiger partial charge >= 0.3 is 0 Å². The van der Waals surface area contributed by atoms with E-state index in [-0.39, 0.29) is 10.6 Å². The number of anilines is 2. The second-order valence-corrected chi connectivity index (χ2v) is 6.94. The monoisotopic (exact) mass is 378 g/mol. The first-order valence-electron chi connectivity index (χ1n) is 9.31. The number of rotatable bonds is 6. The van der Waals surface area contributed by atoms with Gasteiger partial charge in [0.1, 0.15) is 11.3 Å². The third-order valence-corrected chi connectivity index (χ3v) is 5.24. The highest BCUT2D eigenvalue weighted by Crippen LogP contribution is 2.33. The molecule has 3 aromatic rings. The van der Waals surface area contributed by atoms with Crippen molar-refractivity contribution in [1.82, 2.24) is 4.98 Å². The Kier molecular flexibility index (Phi) is 4.97. The minimum absolute atomic E-state index is 0.0804. The van der Waals surface area contributed by atoms with Gasteiger partial charge in [-0.3, -0.25) is 15.1 Å². The van der Waals surface area contributed by atoms with Gasteiger partial charge in [-0.2, -0.15) is 0 Å². The average molecular weight is 378 g/mol. The first-order valence-corrected chi connectivity index (χ1v) is 9.31. The summed E-state index contributed by atoms with van der Waals surface area (Å²) in [5.74, 6) is 1.36. The Morgan fingerprint density at radius 1 is 1.25 bits per heavy atom. The SMILES string of the molecule is COc1ccccc1N1CC[C@@H](CNc2ccc([N+](=O)[O-])c3cccnc23)C1. The van der Waals surface area contributed by atoms with Crippen molar-refractivity contribution < 1.29 is 9.66 Å². The second-order valence-electron chi connectivity index (χ2n) is 6.94. The maximum atomic E-state index is 11.3. The minimum Gasteiger partial charge on any atom is -0.495 e. The van der Waals surface area contributed by atoms with E-state index in [9.17, 15) is 10.1 Å². The lowest BCUT2D eigenvalue weighted by molar-refractivity contribution is -0.383. The molecule has 1 aliphatic heterocycles. The molecule has 7 heteroatoms. The number of hydrogen-bond acceptors (Lipinski definition) is 6. The van der Waals surface area contributed by atoms with Crippen molar-refractivity contribution in [3.8, 4) is 5.75 Å². The van der Waals surface area contributed by atoms with Crippen LogP contribution < -0.4 is 15.0 Å². The number of pyridine rings is 1. The van der Waals surface area contributed by atoms with Crippen molar-refractivity contribution in [2.45, 2.75) is 6.42 Å². The first kappa shape index (κ1) is 18.0. The van der Waals surface area contributed by atoms with Crippen LogP contribution in [0.2, 0.25) is 0 Å². The van der Waals surface area contributed by atoms with Gasteiger partial charge in [-0.1, -0.05) is 12.1 Å². The Labute approximate surface area is 163 Å². The fraction of sp³-hybridized carbons (Fsp3) is 0.286. The molecule has 0 bridgehead atoms. The van der Waals surface area contributed by atoms with E-state index in [2.05, 4.69) is 21.3 Å². The summed E-state index contributed by atoms with van der Waals surface area (Å²) in [6, 6.07) is 14.8. The number of benzene rings is 2. The number of nitrogens with zero attached hydrogens (tertiary/aromatic N) is 3. The summed E-state index contributed by atoms with van der Waals surface area (Å²) in [6.07, 6.45) is 2.74. The molecule has 2 heterocycles. The summed E-state index contributed by atoms with van der Waals surface area (Å²) in [5, 5.41) is 15.3. The molecule has 1 saturated heterocycles. The molecule has 1 aliphatic rings. The topological polar surface area (TPSA) is 80.5 Å². The molecule has 28 heavy (non-hydrogen) atoms. The van der Waals surface area contributed by atoms with Crippen LogP contribution >= 0.6 is 0 Å². The summed E-state index contributed by atoms with van der Waals surface area (Å²) in [7, 11) is 1.70. The zero-order valence-corrected chi connectivity index (χ0v) is 15.7. The molecule has 7 nitrogen and oxygen atoms in total. The molecule has 1 fully saturated rings. The van der Waals surface area contributed by atoms with Gasteiger partial charge in [-0.15, -0.1) is 0 Å². The van der Waals surface area contributed by atoms with E-state index in [0.717, 1.165) is 43.2 Å². The minimum atomic E-state index is -0.365. The smallest absolute Gasteiger partial charge is 0.278 e. The molecule has 2 aromatic carbocycles. The van der Waals surface area contributed by atoms with Gasteiger partial charge in [0, 0.05) is 31.9 Å². The zero-order chi connectivity index (χ0) is 19.5. The lowest BCUT2D eigenvalue weighted by atomic mass is 10.1.